The normalized spacial score (nSPS) is 18.4. The fourth-order valence-electron chi connectivity index (χ4n) is 2.65. The van der Waals surface area contributed by atoms with E-state index in [0.29, 0.717) is 30.6 Å². The van der Waals surface area contributed by atoms with Gasteiger partial charge in [-0.05, 0) is 32.1 Å². The number of aromatic nitrogens is 1. The lowest BCUT2D eigenvalue weighted by Gasteiger charge is -2.29. The van der Waals surface area contributed by atoms with Crippen LogP contribution in [0, 0.1) is 0 Å². The molecule has 21 heavy (non-hydrogen) atoms. The van der Waals surface area contributed by atoms with Gasteiger partial charge in [-0.2, -0.15) is 11.8 Å². The summed E-state index contributed by atoms with van der Waals surface area (Å²) in [6.07, 6.45) is 2.90. The number of nitrogen functional groups attached to an aromatic ring is 1. The molecule has 2 N–H and O–H groups in total. The van der Waals surface area contributed by atoms with Crippen molar-refractivity contribution < 1.29 is 9.53 Å². The number of methoxy groups -OCH3 is 1. The maximum absolute atomic E-state index is 13.0. The van der Waals surface area contributed by atoms with Crippen molar-refractivity contribution in [2.24, 2.45) is 0 Å². The molecule has 1 saturated heterocycles. The number of thioether (sulfide) groups is 1. The predicted octanol–water partition coefficient (Wildman–Crippen LogP) is 2.25. The van der Waals surface area contributed by atoms with E-state index in [1.54, 1.807) is 13.2 Å². The van der Waals surface area contributed by atoms with Crippen LogP contribution in [0.5, 0.6) is 0 Å². The Morgan fingerprint density at radius 3 is 2.95 bits per heavy atom. The van der Waals surface area contributed by atoms with Crippen molar-refractivity contribution in [1.29, 1.82) is 0 Å². The van der Waals surface area contributed by atoms with Crippen LogP contribution in [0.3, 0.4) is 0 Å². The fourth-order valence-corrected chi connectivity index (χ4v) is 3.88. The van der Waals surface area contributed by atoms with Crippen LogP contribution in [0.2, 0.25) is 0 Å². The minimum absolute atomic E-state index is 0.0601. The molecule has 0 aliphatic carbocycles. The number of ether oxygens (including phenoxy) is 1. The van der Waals surface area contributed by atoms with Gasteiger partial charge in [0.05, 0.1) is 12.3 Å². The Labute approximate surface area is 130 Å². The van der Waals surface area contributed by atoms with Crippen LogP contribution in [-0.4, -0.2) is 53.2 Å². The molecule has 0 spiro atoms. The van der Waals surface area contributed by atoms with Gasteiger partial charge in [0.1, 0.15) is 5.69 Å². The van der Waals surface area contributed by atoms with E-state index in [2.05, 4.69) is 13.8 Å². The van der Waals surface area contributed by atoms with Crippen LogP contribution in [-0.2, 0) is 4.74 Å². The van der Waals surface area contributed by atoms with Gasteiger partial charge in [0.2, 0.25) is 0 Å². The molecule has 0 bridgehead atoms. The summed E-state index contributed by atoms with van der Waals surface area (Å²) in [7, 11) is 1.67. The number of rotatable bonds is 6. The maximum atomic E-state index is 13.0. The van der Waals surface area contributed by atoms with E-state index in [4.69, 9.17) is 10.5 Å². The molecule has 1 amide bonds. The van der Waals surface area contributed by atoms with E-state index >= 15 is 0 Å². The summed E-state index contributed by atoms with van der Waals surface area (Å²) < 4.78 is 7.13. The molecule has 1 aromatic heterocycles. The average molecular weight is 311 g/mol. The Hall–Kier alpha value is -1.14. The molecular formula is C15H25N3O2S. The molecule has 2 heterocycles. The third-order valence-corrected chi connectivity index (χ3v) is 4.93. The van der Waals surface area contributed by atoms with Gasteiger partial charge in [0.15, 0.2) is 0 Å². The Bertz CT molecular complexity index is 481. The number of nitrogens with zero attached hydrogens (tertiary/aromatic N) is 2. The average Bonchev–Trinajstić information content (AvgIpc) is 3.08. The van der Waals surface area contributed by atoms with Crippen molar-refractivity contribution in [3.05, 3.63) is 18.0 Å². The highest BCUT2D eigenvalue weighted by Crippen LogP contribution is 2.25. The van der Waals surface area contributed by atoms with Crippen LogP contribution >= 0.6 is 11.8 Å². The van der Waals surface area contributed by atoms with Gasteiger partial charge in [0, 0.05) is 37.7 Å². The smallest absolute Gasteiger partial charge is 0.270 e. The largest absolute Gasteiger partial charge is 0.397 e. The van der Waals surface area contributed by atoms with E-state index in [0.717, 1.165) is 17.9 Å². The van der Waals surface area contributed by atoms with Crippen LogP contribution in [0.4, 0.5) is 5.69 Å². The van der Waals surface area contributed by atoms with Crippen LogP contribution in [0.25, 0.3) is 0 Å². The number of hydrogen-bond donors (Lipinski definition) is 1. The van der Waals surface area contributed by atoms with Crippen molar-refractivity contribution in [3.63, 3.8) is 0 Å². The zero-order valence-corrected chi connectivity index (χ0v) is 13.9. The van der Waals surface area contributed by atoms with Gasteiger partial charge in [-0.1, -0.05) is 0 Å². The molecule has 0 radical (unpaired) electrons. The molecule has 6 heteroatoms. The highest BCUT2D eigenvalue weighted by molar-refractivity contribution is 7.99. The molecule has 1 atom stereocenters. The van der Waals surface area contributed by atoms with Gasteiger partial charge < -0.3 is 19.9 Å². The summed E-state index contributed by atoms with van der Waals surface area (Å²) in [6, 6.07) is 2.29. The minimum Gasteiger partial charge on any atom is -0.397 e. The molecular weight excluding hydrogens is 286 g/mol. The summed E-state index contributed by atoms with van der Waals surface area (Å²) in [6.45, 7) is 5.30. The van der Waals surface area contributed by atoms with E-state index in [-0.39, 0.29) is 11.9 Å². The zero-order valence-electron chi connectivity index (χ0n) is 13.0. The quantitative estimate of drug-likeness (QED) is 0.875. The van der Waals surface area contributed by atoms with Crippen molar-refractivity contribution in [3.8, 4) is 0 Å². The molecule has 118 valence electrons. The van der Waals surface area contributed by atoms with Gasteiger partial charge >= 0.3 is 0 Å². The fraction of sp³-hybridized carbons (Fsp3) is 0.667. The molecule has 1 fully saturated rings. The van der Waals surface area contributed by atoms with Crippen molar-refractivity contribution >= 4 is 23.4 Å². The highest BCUT2D eigenvalue weighted by Gasteiger charge is 2.29. The summed E-state index contributed by atoms with van der Waals surface area (Å²) in [5.74, 6) is 2.19. The van der Waals surface area contributed by atoms with Crippen LogP contribution in [0.15, 0.2) is 12.3 Å². The first-order valence-corrected chi connectivity index (χ1v) is 8.55. The number of carbonyl (C=O) groups is 1. The molecule has 1 aliphatic heterocycles. The second-order valence-electron chi connectivity index (χ2n) is 5.67. The number of amides is 1. The lowest BCUT2D eigenvalue weighted by molar-refractivity contribution is 0.0612. The third-order valence-electron chi connectivity index (χ3n) is 3.79. The van der Waals surface area contributed by atoms with E-state index < -0.39 is 0 Å². The Kier molecular flexibility index (Phi) is 5.58. The lowest BCUT2D eigenvalue weighted by atomic mass is 10.2. The van der Waals surface area contributed by atoms with Crippen molar-refractivity contribution in [2.75, 3.05) is 37.5 Å². The maximum Gasteiger partial charge on any atom is 0.270 e. The molecule has 5 nitrogen and oxygen atoms in total. The first-order valence-electron chi connectivity index (χ1n) is 7.39. The number of anilines is 1. The Balaban J connectivity index is 2.24. The molecule has 1 aromatic rings. The SMILES string of the molecule is COCCN(C(=O)c1cc(N)cn1C(C)C)C1CCSC1. The van der Waals surface area contributed by atoms with Crippen molar-refractivity contribution in [2.45, 2.75) is 32.4 Å². The minimum atomic E-state index is 0.0601. The van der Waals surface area contributed by atoms with Gasteiger partial charge in [-0.3, -0.25) is 4.79 Å². The number of nitrogens with two attached hydrogens (primary N) is 1. The zero-order chi connectivity index (χ0) is 15.4. The molecule has 2 rings (SSSR count). The van der Waals surface area contributed by atoms with E-state index in [9.17, 15) is 4.79 Å². The molecule has 0 saturated carbocycles. The predicted molar refractivity (Wildman–Crippen MR) is 87.9 cm³/mol. The Morgan fingerprint density at radius 1 is 1.62 bits per heavy atom. The molecule has 1 aliphatic rings. The summed E-state index contributed by atoms with van der Waals surface area (Å²) >= 11 is 1.91. The Morgan fingerprint density at radius 2 is 2.38 bits per heavy atom. The van der Waals surface area contributed by atoms with E-state index in [1.807, 2.05) is 27.4 Å². The summed E-state index contributed by atoms with van der Waals surface area (Å²) in [4.78, 5) is 14.9. The molecule has 1 unspecified atom stereocenters. The summed E-state index contributed by atoms with van der Waals surface area (Å²) in [5, 5.41) is 0. The lowest BCUT2D eigenvalue weighted by Crippen LogP contribution is -2.43. The first-order chi connectivity index (χ1) is 10.0. The third kappa shape index (κ3) is 3.74. The highest BCUT2D eigenvalue weighted by atomic mass is 32.2. The van der Waals surface area contributed by atoms with Gasteiger partial charge in [-0.25, -0.2) is 0 Å². The van der Waals surface area contributed by atoms with Crippen molar-refractivity contribution in [1.82, 2.24) is 9.47 Å². The second kappa shape index (κ2) is 7.22. The summed E-state index contributed by atoms with van der Waals surface area (Å²) in [5.41, 5.74) is 7.20. The second-order valence-corrected chi connectivity index (χ2v) is 6.82. The standard InChI is InChI=1S/C15H25N3O2S/c1-11(2)18-9-12(16)8-14(18)15(19)17(5-6-20-3)13-4-7-21-10-13/h8-9,11,13H,4-7,10,16H2,1-3H3. The van der Waals surface area contributed by atoms with E-state index in [1.165, 1.54) is 0 Å². The van der Waals surface area contributed by atoms with Crippen LogP contribution in [0.1, 0.15) is 36.8 Å². The van der Waals surface area contributed by atoms with Gasteiger partial charge in [0.25, 0.3) is 5.91 Å². The first kappa shape index (κ1) is 16.2. The number of carbonyl (C=O) groups excluding carboxylic acids is 1. The topological polar surface area (TPSA) is 60.5 Å². The monoisotopic (exact) mass is 311 g/mol. The number of hydrogen-bond acceptors (Lipinski definition) is 4. The van der Waals surface area contributed by atoms with Gasteiger partial charge in [-0.15, -0.1) is 0 Å². The molecule has 0 aromatic carbocycles. The van der Waals surface area contributed by atoms with Crippen LogP contribution < -0.4 is 5.73 Å².